The molecule has 0 heterocycles. The predicted molar refractivity (Wildman–Crippen MR) is 112 cm³/mol. The van der Waals surface area contributed by atoms with Crippen molar-refractivity contribution in [1.82, 2.24) is 0 Å². The van der Waals surface area contributed by atoms with Crippen molar-refractivity contribution in [2.24, 2.45) is 5.92 Å². The second-order valence-electron chi connectivity index (χ2n) is 6.71. The van der Waals surface area contributed by atoms with E-state index in [-0.39, 0.29) is 12.5 Å². The molecule has 2 aromatic carbocycles. The first-order valence-corrected chi connectivity index (χ1v) is 9.64. The van der Waals surface area contributed by atoms with Crippen LogP contribution in [-0.4, -0.2) is 38.9 Å². The van der Waals surface area contributed by atoms with Gasteiger partial charge in [-0.15, -0.1) is 0 Å². The molecule has 152 valence electrons. The number of anilines is 2. The molecule has 6 heteroatoms. The fourth-order valence-corrected chi connectivity index (χ4v) is 2.37. The third-order valence-electron chi connectivity index (χ3n) is 3.69. The van der Waals surface area contributed by atoms with Crippen LogP contribution in [0.5, 0.6) is 11.5 Å². The van der Waals surface area contributed by atoms with Gasteiger partial charge in [0.2, 0.25) is 5.91 Å². The Morgan fingerprint density at radius 2 is 1.64 bits per heavy atom. The van der Waals surface area contributed by atoms with Gasteiger partial charge in [0.25, 0.3) is 0 Å². The van der Waals surface area contributed by atoms with Gasteiger partial charge in [-0.05, 0) is 37.1 Å². The Morgan fingerprint density at radius 1 is 0.964 bits per heavy atom. The summed E-state index contributed by atoms with van der Waals surface area (Å²) in [6.07, 6.45) is 0. The van der Waals surface area contributed by atoms with Crippen LogP contribution in [0, 0.1) is 5.92 Å². The quantitative estimate of drug-likeness (QED) is 0.536. The minimum Gasteiger partial charge on any atom is -0.493 e. The van der Waals surface area contributed by atoms with Gasteiger partial charge < -0.3 is 24.8 Å². The summed E-state index contributed by atoms with van der Waals surface area (Å²) in [5, 5.41) is 5.98. The Bertz CT molecular complexity index is 734. The van der Waals surface area contributed by atoms with Crippen molar-refractivity contribution in [1.29, 1.82) is 0 Å². The summed E-state index contributed by atoms with van der Waals surface area (Å²) < 4.78 is 16.6. The zero-order valence-electron chi connectivity index (χ0n) is 16.9. The number of carbonyl (C=O) groups is 1. The van der Waals surface area contributed by atoms with Crippen LogP contribution in [-0.2, 0) is 9.53 Å². The van der Waals surface area contributed by atoms with Crippen molar-refractivity contribution in [3.8, 4) is 11.5 Å². The molecule has 6 nitrogen and oxygen atoms in total. The SMILES string of the molecule is CCOCCOc1cccc(NCC(=O)Nc2cccc(OCC(C)C)c2)c1. The molecule has 0 aromatic heterocycles. The highest BCUT2D eigenvalue weighted by molar-refractivity contribution is 5.93. The van der Waals surface area contributed by atoms with Gasteiger partial charge in [0.1, 0.15) is 18.1 Å². The molecule has 0 aliphatic heterocycles. The number of benzene rings is 2. The lowest BCUT2D eigenvalue weighted by molar-refractivity contribution is -0.114. The normalized spacial score (nSPS) is 10.6. The molecule has 0 spiro atoms. The smallest absolute Gasteiger partial charge is 0.243 e. The van der Waals surface area contributed by atoms with Crippen molar-refractivity contribution in [2.75, 3.05) is 43.6 Å². The van der Waals surface area contributed by atoms with Gasteiger partial charge in [-0.3, -0.25) is 4.79 Å². The molecular weight excluding hydrogens is 356 g/mol. The number of hydrogen-bond donors (Lipinski definition) is 2. The molecule has 0 aliphatic carbocycles. The molecule has 0 saturated heterocycles. The number of ether oxygens (including phenoxy) is 3. The summed E-state index contributed by atoms with van der Waals surface area (Å²) in [7, 11) is 0. The maximum Gasteiger partial charge on any atom is 0.243 e. The summed E-state index contributed by atoms with van der Waals surface area (Å²) in [6, 6.07) is 14.9. The Balaban J connectivity index is 1.80. The minimum absolute atomic E-state index is 0.135. The fraction of sp³-hybridized carbons (Fsp3) is 0.409. The molecule has 2 aromatic rings. The molecule has 2 N–H and O–H groups in total. The number of hydrogen-bond acceptors (Lipinski definition) is 5. The number of carbonyl (C=O) groups excluding carboxylic acids is 1. The molecule has 0 fully saturated rings. The molecule has 0 saturated carbocycles. The van der Waals surface area contributed by atoms with Gasteiger partial charge in [-0.1, -0.05) is 26.0 Å². The summed E-state index contributed by atoms with van der Waals surface area (Å²) in [4.78, 5) is 12.2. The zero-order valence-corrected chi connectivity index (χ0v) is 16.9. The van der Waals surface area contributed by atoms with E-state index in [1.807, 2.05) is 55.5 Å². The van der Waals surface area contributed by atoms with Crippen LogP contribution in [0.4, 0.5) is 11.4 Å². The summed E-state index contributed by atoms with van der Waals surface area (Å²) in [5.74, 6) is 1.79. The van der Waals surface area contributed by atoms with Crippen LogP contribution >= 0.6 is 0 Å². The first-order chi connectivity index (χ1) is 13.6. The molecule has 1 amide bonds. The minimum atomic E-state index is -0.135. The molecule has 0 atom stereocenters. The monoisotopic (exact) mass is 386 g/mol. The maximum atomic E-state index is 12.2. The Labute approximate surface area is 167 Å². The summed E-state index contributed by atoms with van der Waals surface area (Å²) >= 11 is 0. The molecule has 0 unspecified atom stereocenters. The highest BCUT2D eigenvalue weighted by Gasteiger charge is 2.05. The van der Waals surface area contributed by atoms with Gasteiger partial charge in [-0.2, -0.15) is 0 Å². The summed E-state index contributed by atoms with van der Waals surface area (Å²) in [5.41, 5.74) is 1.53. The Morgan fingerprint density at radius 3 is 2.36 bits per heavy atom. The van der Waals surface area contributed by atoms with Crippen LogP contribution in [0.1, 0.15) is 20.8 Å². The van der Waals surface area contributed by atoms with Gasteiger partial charge in [0.05, 0.1) is 19.8 Å². The molecule has 2 rings (SSSR count). The van der Waals surface area contributed by atoms with Crippen LogP contribution in [0.15, 0.2) is 48.5 Å². The van der Waals surface area contributed by atoms with Crippen LogP contribution in [0.25, 0.3) is 0 Å². The highest BCUT2D eigenvalue weighted by Crippen LogP contribution is 2.19. The second-order valence-corrected chi connectivity index (χ2v) is 6.71. The van der Waals surface area contributed by atoms with Gasteiger partial charge in [-0.25, -0.2) is 0 Å². The highest BCUT2D eigenvalue weighted by atomic mass is 16.5. The Kier molecular flexibility index (Phi) is 9.15. The van der Waals surface area contributed by atoms with E-state index in [0.29, 0.717) is 38.0 Å². The van der Waals surface area contributed by atoms with Crippen molar-refractivity contribution >= 4 is 17.3 Å². The second kappa shape index (κ2) is 11.9. The van der Waals surface area contributed by atoms with E-state index < -0.39 is 0 Å². The average molecular weight is 386 g/mol. The predicted octanol–water partition coefficient (Wildman–Crippen LogP) is 4.19. The molecular formula is C22H30N2O4. The number of rotatable bonds is 12. The van der Waals surface area contributed by atoms with Crippen molar-refractivity contribution < 1.29 is 19.0 Å². The van der Waals surface area contributed by atoms with E-state index in [0.717, 1.165) is 17.2 Å². The molecule has 0 bridgehead atoms. The first kappa shape index (κ1) is 21.6. The number of amides is 1. The van der Waals surface area contributed by atoms with Crippen LogP contribution < -0.4 is 20.1 Å². The summed E-state index contributed by atoms with van der Waals surface area (Å²) in [6.45, 7) is 8.65. The van der Waals surface area contributed by atoms with Gasteiger partial charge in [0.15, 0.2) is 0 Å². The van der Waals surface area contributed by atoms with E-state index in [2.05, 4.69) is 24.5 Å². The fourth-order valence-electron chi connectivity index (χ4n) is 2.37. The lowest BCUT2D eigenvalue weighted by Crippen LogP contribution is -2.21. The largest absolute Gasteiger partial charge is 0.493 e. The van der Waals surface area contributed by atoms with Crippen molar-refractivity contribution in [2.45, 2.75) is 20.8 Å². The van der Waals surface area contributed by atoms with Crippen LogP contribution in [0.2, 0.25) is 0 Å². The first-order valence-electron chi connectivity index (χ1n) is 9.64. The van der Waals surface area contributed by atoms with E-state index >= 15 is 0 Å². The maximum absolute atomic E-state index is 12.2. The van der Waals surface area contributed by atoms with E-state index in [1.54, 1.807) is 0 Å². The van der Waals surface area contributed by atoms with Gasteiger partial charge in [0, 0.05) is 30.1 Å². The van der Waals surface area contributed by atoms with Gasteiger partial charge >= 0.3 is 0 Å². The number of nitrogens with one attached hydrogen (secondary N) is 2. The topological polar surface area (TPSA) is 68.8 Å². The Hall–Kier alpha value is -2.73. The molecule has 28 heavy (non-hydrogen) atoms. The standard InChI is InChI=1S/C22H30N2O4/c1-4-26-11-12-27-20-9-5-7-18(13-20)23-15-22(25)24-19-8-6-10-21(14-19)28-16-17(2)3/h5-10,13-14,17,23H,4,11-12,15-16H2,1-3H3,(H,24,25). The molecule has 0 aliphatic rings. The van der Waals surface area contributed by atoms with E-state index in [1.165, 1.54) is 0 Å². The third-order valence-corrected chi connectivity index (χ3v) is 3.69. The van der Waals surface area contributed by atoms with E-state index in [9.17, 15) is 4.79 Å². The third kappa shape index (κ3) is 8.31. The van der Waals surface area contributed by atoms with Crippen LogP contribution in [0.3, 0.4) is 0 Å². The lowest BCUT2D eigenvalue weighted by atomic mass is 10.2. The lowest BCUT2D eigenvalue weighted by Gasteiger charge is -2.12. The van der Waals surface area contributed by atoms with E-state index in [4.69, 9.17) is 14.2 Å². The van der Waals surface area contributed by atoms with Crippen molar-refractivity contribution in [3.05, 3.63) is 48.5 Å². The molecule has 0 radical (unpaired) electrons. The zero-order chi connectivity index (χ0) is 20.2. The van der Waals surface area contributed by atoms with Crippen molar-refractivity contribution in [3.63, 3.8) is 0 Å². The average Bonchev–Trinajstić information content (AvgIpc) is 2.69.